The number of pyridine rings is 1. The summed E-state index contributed by atoms with van der Waals surface area (Å²) in [5, 5.41) is 6.63. The highest BCUT2D eigenvalue weighted by Crippen LogP contribution is 2.26. The quantitative estimate of drug-likeness (QED) is 0.752. The smallest absolute Gasteiger partial charge is 0.221 e. The number of hydrogen-bond donors (Lipinski definition) is 2. The highest BCUT2D eigenvalue weighted by molar-refractivity contribution is 5.85. The molecule has 0 aliphatic carbocycles. The molecule has 0 bridgehead atoms. The van der Waals surface area contributed by atoms with Gasteiger partial charge in [0.05, 0.1) is 6.04 Å². The van der Waals surface area contributed by atoms with Crippen LogP contribution in [0.5, 0.6) is 0 Å². The number of benzene rings is 1. The van der Waals surface area contributed by atoms with E-state index in [-0.39, 0.29) is 36.8 Å². The molecule has 2 unspecified atom stereocenters. The fourth-order valence-corrected chi connectivity index (χ4v) is 3.65. The van der Waals surface area contributed by atoms with Gasteiger partial charge in [-0.05, 0) is 61.0 Å². The Kier molecular flexibility index (Phi) is 10.4. The lowest BCUT2D eigenvalue weighted by Gasteiger charge is -2.28. The van der Waals surface area contributed by atoms with E-state index in [2.05, 4.69) is 34.7 Å². The summed E-state index contributed by atoms with van der Waals surface area (Å²) in [6.07, 6.45) is 6.46. The fraction of sp³-hybridized carbons (Fsp3) is 0.429. The molecule has 148 valence electrons. The minimum atomic E-state index is -0.128. The van der Waals surface area contributed by atoms with Crippen molar-refractivity contribution in [1.82, 2.24) is 15.6 Å². The van der Waals surface area contributed by atoms with E-state index in [1.807, 2.05) is 30.3 Å². The zero-order chi connectivity index (χ0) is 17.5. The summed E-state index contributed by atoms with van der Waals surface area (Å²) in [4.78, 5) is 16.8. The van der Waals surface area contributed by atoms with Crippen molar-refractivity contribution < 1.29 is 4.79 Å². The molecule has 1 aromatic heterocycles. The zero-order valence-corrected chi connectivity index (χ0v) is 17.3. The highest BCUT2D eigenvalue weighted by atomic mass is 35.5. The van der Waals surface area contributed by atoms with Gasteiger partial charge in [0.25, 0.3) is 0 Å². The van der Waals surface area contributed by atoms with E-state index in [0.717, 1.165) is 24.2 Å². The van der Waals surface area contributed by atoms with E-state index >= 15 is 0 Å². The summed E-state index contributed by atoms with van der Waals surface area (Å²) in [6.45, 7) is 4.35. The summed E-state index contributed by atoms with van der Waals surface area (Å²) in [5.41, 5.74) is 2.15. The average Bonchev–Trinajstić information content (AvgIpc) is 2.68. The molecule has 2 heterocycles. The van der Waals surface area contributed by atoms with Crippen molar-refractivity contribution in [2.45, 2.75) is 32.2 Å². The second-order valence-electron chi connectivity index (χ2n) is 6.96. The Balaban J connectivity index is 0.00000182. The molecule has 1 saturated heterocycles. The van der Waals surface area contributed by atoms with Gasteiger partial charge in [-0.1, -0.05) is 37.3 Å². The number of amides is 1. The standard InChI is InChI=1S/C21H27N3O.2ClH/c1-16(17-7-11-22-12-8-17)15-20(25)24-21(18-5-3-2-4-6-18)19-9-13-23-14-10-19;;/h2-6,9-10,13-14,16-17,21-22H,7-8,11-12,15H2,1H3,(H,24,25);2*1H. The lowest BCUT2D eigenvalue weighted by molar-refractivity contribution is -0.122. The third kappa shape index (κ3) is 6.80. The molecule has 2 N–H and O–H groups in total. The molecule has 0 saturated carbocycles. The largest absolute Gasteiger partial charge is 0.345 e. The number of nitrogens with zero attached hydrogens (tertiary/aromatic N) is 1. The number of aromatic nitrogens is 1. The maximum Gasteiger partial charge on any atom is 0.221 e. The van der Waals surface area contributed by atoms with Crippen LogP contribution in [0, 0.1) is 11.8 Å². The van der Waals surface area contributed by atoms with Gasteiger partial charge < -0.3 is 10.6 Å². The summed E-state index contributed by atoms with van der Waals surface area (Å²) in [6, 6.07) is 13.9. The zero-order valence-electron chi connectivity index (χ0n) is 15.6. The van der Waals surface area contributed by atoms with Crippen molar-refractivity contribution >= 4 is 30.7 Å². The van der Waals surface area contributed by atoms with Crippen LogP contribution in [0.2, 0.25) is 0 Å². The average molecular weight is 410 g/mol. The van der Waals surface area contributed by atoms with Gasteiger partial charge in [-0.3, -0.25) is 9.78 Å². The summed E-state index contributed by atoms with van der Waals surface area (Å²) in [5.74, 6) is 1.18. The Morgan fingerprint density at radius 1 is 1.07 bits per heavy atom. The Labute approximate surface area is 174 Å². The number of halogens is 2. The second kappa shape index (κ2) is 12.0. The predicted octanol–water partition coefficient (Wildman–Crippen LogP) is 4.16. The van der Waals surface area contributed by atoms with E-state index in [4.69, 9.17) is 0 Å². The van der Waals surface area contributed by atoms with Crippen LogP contribution in [0.4, 0.5) is 0 Å². The predicted molar refractivity (Wildman–Crippen MR) is 115 cm³/mol. The minimum Gasteiger partial charge on any atom is -0.345 e. The monoisotopic (exact) mass is 409 g/mol. The van der Waals surface area contributed by atoms with Crippen molar-refractivity contribution in [3.8, 4) is 0 Å². The second-order valence-corrected chi connectivity index (χ2v) is 6.96. The number of rotatable bonds is 6. The van der Waals surface area contributed by atoms with E-state index in [1.54, 1.807) is 12.4 Å². The van der Waals surface area contributed by atoms with Crippen LogP contribution in [0.3, 0.4) is 0 Å². The minimum absolute atomic E-state index is 0. The normalized spacial score (nSPS) is 16.3. The van der Waals surface area contributed by atoms with Gasteiger partial charge in [0.2, 0.25) is 5.91 Å². The number of carbonyl (C=O) groups is 1. The van der Waals surface area contributed by atoms with Crippen molar-refractivity contribution in [2.75, 3.05) is 13.1 Å². The molecule has 1 aliphatic rings. The SMILES string of the molecule is CC(CC(=O)NC(c1ccccc1)c1ccncc1)C1CCNCC1.Cl.Cl. The lowest BCUT2D eigenvalue weighted by atomic mass is 9.84. The first-order chi connectivity index (χ1) is 12.2. The number of nitrogens with one attached hydrogen (secondary N) is 2. The van der Waals surface area contributed by atoms with Crippen molar-refractivity contribution in [3.05, 3.63) is 66.0 Å². The molecule has 4 nitrogen and oxygen atoms in total. The first-order valence-electron chi connectivity index (χ1n) is 9.19. The lowest BCUT2D eigenvalue weighted by Crippen LogP contribution is -2.35. The van der Waals surface area contributed by atoms with Crippen LogP contribution in [0.15, 0.2) is 54.9 Å². The van der Waals surface area contributed by atoms with E-state index < -0.39 is 0 Å². The molecule has 0 radical (unpaired) electrons. The Morgan fingerprint density at radius 2 is 1.67 bits per heavy atom. The Morgan fingerprint density at radius 3 is 2.30 bits per heavy atom. The molecular formula is C21H29Cl2N3O. The molecule has 1 aliphatic heterocycles. The number of hydrogen-bond acceptors (Lipinski definition) is 3. The van der Waals surface area contributed by atoms with E-state index in [9.17, 15) is 4.79 Å². The van der Waals surface area contributed by atoms with Crippen LogP contribution < -0.4 is 10.6 Å². The molecular weight excluding hydrogens is 381 g/mol. The molecule has 27 heavy (non-hydrogen) atoms. The van der Waals surface area contributed by atoms with E-state index in [1.165, 1.54) is 12.8 Å². The third-order valence-electron chi connectivity index (χ3n) is 5.17. The molecule has 0 spiro atoms. The number of piperidine rings is 1. The van der Waals surface area contributed by atoms with Gasteiger partial charge in [-0.25, -0.2) is 0 Å². The maximum absolute atomic E-state index is 12.7. The molecule has 2 atom stereocenters. The summed E-state index contributed by atoms with van der Waals surface area (Å²) < 4.78 is 0. The first kappa shape index (κ1) is 23.4. The molecule has 1 amide bonds. The van der Waals surface area contributed by atoms with Gasteiger partial charge in [0, 0.05) is 18.8 Å². The fourth-order valence-electron chi connectivity index (χ4n) is 3.65. The van der Waals surface area contributed by atoms with Crippen LogP contribution in [-0.2, 0) is 4.79 Å². The van der Waals surface area contributed by atoms with Crippen molar-refractivity contribution in [3.63, 3.8) is 0 Å². The molecule has 1 fully saturated rings. The van der Waals surface area contributed by atoms with Crippen LogP contribution >= 0.6 is 24.8 Å². The topological polar surface area (TPSA) is 54.0 Å². The van der Waals surface area contributed by atoms with Gasteiger partial charge in [0.1, 0.15) is 0 Å². The first-order valence-corrected chi connectivity index (χ1v) is 9.19. The van der Waals surface area contributed by atoms with Crippen molar-refractivity contribution in [1.29, 1.82) is 0 Å². The third-order valence-corrected chi connectivity index (χ3v) is 5.17. The highest BCUT2D eigenvalue weighted by Gasteiger charge is 2.24. The Bertz CT molecular complexity index is 624. The van der Waals surface area contributed by atoms with Crippen molar-refractivity contribution in [2.24, 2.45) is 11.8 Å². The molecule has 3 rings (SSSR count). The molecule has 2 aromatic rings. The van der Waals surface area contributed by atoms with Gasteiger partial charge in [0.15, 0.2) is 0 Å². The Hall–Kier alpha value is -1.62. The van der Waals surface area contributed by atoms with Crippen LogP contribution in [-0.4, -0.2) is 24.0 Å². The molecule has 1 aromatic carbocycles. The molecule has 6 heteroatoms. The van der Waals surface area contributed by atoms with E-state index in [0.29, 0.717) is 18.3 Å². The number of carbonyl (C=O) groups excluding carboxylic acids is 1. The van der Waals surface area contributed by atoms with Gasteiger partial charge in [-0.2, -0.15) is 0 Å². The van der Waals surface area contributed by atoms with Crippen LogP contribution in [0.1, 0.15) is 43.4 Å². The van der Waals surface area contributed by atoms with Crippen LogP contribution in [0.25, 0.3) is 0 Å². The summed E-state index contributed by atoms with van der Waals surface area (Å²) >= 11 is 0. The van der Waals surface area contributed by atoms with Gasteiger partial charge in [-0.15, -0.1) is 24.8 Å². The maximum atomic E-state index is 12.7. The summed E-state index contributed by atoms with van der Waals surface area (Å²) in [7, 11) is 0. The van der Waals surface area contributed by atoms with Gasteiger partial charge >= 0.3 is 0 Å².